The van der Waals surface area contributed by atoms with Crippen molar-refractivity contribution in [2.24, 2.45) is 11.0 Å². The zero-order valence-corrected chi connectivity index (χ0v) is 15.2. The predicted molar refractivity (Wildman–Crippen MR) is 105 cm³/mol. The first-order chi connectivity index (χ1) is 13.0. The largest absolute Gasteiger partial charge is 0.301 e. The lowest BCUT2D eigenvalue weighted by atomic mass is 10.1. The van der Waals surface area contributed by atoms with Crippen LogP contribution in [0.5, 0.6) is 0 Å². The Morgan fingerprint density at radius 2 is 1.81 bits per heavy atom. The van der Waals surface area contributed by atoms with Gasteiger partial charge < -0.3 is 5.32 Å². The van der Waals surface area contributed by atoms with Gasteiger partial charge in [0, 0.05) is 11.8 Å². The average Bonchev–Trinajstić information content (AvgIpc) is 2.66. The number of carbonyl (C=O) groups excluding carboxylic acids is 3. The molecule has 8 heteroatoms. The second-order valence-electron chi connectivity index (χ2n) is 5.87. The van der Waals surface area contributed by atoms with E-state index < -0.39 is 23.6 Å². The number of hydrogen-bond donors (Lipinski definition) is 2. The third-order valence-corrected chi connectivity index (χ3v) is 4.20. The fourth-order valence-electron chi connectivity index (χ4n) is 2.48. The Morgan fingerprint density at radius 1 is 1.15 bits per heavy atom. The Bertz CT molecular complexity index is 926. The summed E-state index contributed by atoms with van der Waals surface area (Å²) in [6.45, 7) is 1.92. The molecule has 1 heterocycles. The van der Waals surface area contributed by atoms with Gasteiger partial charge in [-0.2, -0.15) is 5.10 Å². The fourth-order valence-corrected chi connectivity index (χ4v) is 2.78. The van der Waals surface area contributed by atoms with Gasteiger partial charge in [0.05, 0.1) is 5.69 Å². The lowest BCUT2D eigenvalue weighted by molar-refractivity contribution is -0.130. The van der Waals surface area contributed by atoms with E-state index in [1.54, 1.807) is 42.5 Å². The summed E-state index contributed by atoms with van der Waals surface area (Å²) < 4.78 is 0. The lowest BCUT2D eigenvalue weighted by Gasteiger charge is -2.30. The van der Waals surface area contributed by atoms with E-state index in [1.165, 1.54) is 4.90 Å². The van der Waals surface area contributed by atoms with E-state index >= 15 is 0 Å². The molecule has 2 aromatic carbocycles. The lowest BCUT2D eigenvalue weighted by Crippen LogP contribution is -2.58. The number of hydrogen-bond acceptors (Lipinski definition) is 5. The molecular weight excluding hydrogens is 364 g/mol. The number of hydrazone groups is 1. The van der Waals surface area contributed by atoms with E-state index in [0.29, 0.717) is 11.3 Å². The maximum atomic E-state index is 12.8. The molecule has 0 aliphatic carbocycles. The molecule has 27 heavy (non-hydrogen) atoms. The van der Waals surface area contributed by atoms with Crippen molar-refractivity contribution in [2.45, 2.75) is 6.92 Å². The molecule has 1 atom stereocenters. The second kappa shape index (κ2) is 7.88. The Balaban J connectivity index is 1.75. The number of anilines is 1. The monoisotopic (exact) mass is 380 g/mol. The van der Waals surface area contributed by atoms with Gasteiger partial charge in [0.25, 0.3) is 11.8 Å². The highest BCUT2D eigenvalue weighted by Crippen LogP contribution is 2.20. The van der Waals surface area contributed by atoms with Crippen LogP contribution in [0.4, 0.5) is 5.69 Å². The van der Waals surface area contributed by atoms with Gasteiger partial charge in [-0.3, -0.25) is 19.3 Å². The van der Waals surface area contributed by atoms with Gasteiger partial charge in [0.15, 0.2) is 11.0 Å². The normalized spacial score (nSPS) is 17.1. The molecule has 1 aliphatic rings. The molecule has 0 bridgehead atoms. The highest BCUT2D eigenvalue weighted by molar-refractivity contribution is 7.80. The Labute approximate surface area is 161 Å². The Hall–Kier alpha value is -3.39. The quantitative estimate of drug-likeness (QED) is 0.366. The van der Waals surface area contributed by atoms with Crippen molar-refractivity contribution >= 4 is 47.0 Å². The van der Waals surface area contributed by atoms with Crippen LogP contribution in [0, 0.1) is 12.8 Å². The second-order valence-corrected chi connectivity index (χ2v) is 6.25. The molecular formula is C19H16N4O3S. The molecule has 2 aromatic rings. The number of benzene rings is 2. The van der Waals surface area contributed by atoms with E-state index in [4.69, 9.17) is 12.2 Å². The molecule has 0 aromatic heterocycles. The van der Waals surface area contributed by atoms with Crippen molar-refractivity contribution in [2.75, 3.05) is 4.90 Å². The molecule has 0 unspecified atom stereocenters. The topological polar surface area (TPSA) is 90.9 Å². The van der Waals surface area contributed by atoms with Crippen molar-refractivity contribution in [1.82, 2.24) is 10.7 Å². The number of nitrogens with one attached hydrogen (secondary N) is 2. The van der Waals surface area contributed by atoms with Gasteiger partial charge in [-0.05, 0) is 43.4 Å². The summed E-state index contributed by atoms with van der Waals surface area (Å²) in [5.41, 5.74) is 4.29. The van der Waals surface area contributed by atoms with E-state index in [1.807, 2.05) is 19.1 Å². The zero-order valence-electron chi connectivity index (χ0n) is 14.4. The standard InChI is InChI=1S/C19H16N4O3S/c1-12-7-9-14(10-8-12)23-18(26)15(17(25)21-19(23)27)11-20-22-16(24)13-5-3-2-4-6-13/h2-11,15H,1H3,(H,22,24)(H,21,25,27)/b20-11+/t15-/m0/s1. The van der Waals surface area contributed by atoms with Crippen molar-refractivity contribution < 1.29 is 14.4 Å². The number of rotatable bonds is 4. The molecule has 1 aliphatic heterocycles. The minimum absolute atomic E-state index is 0.00632. The highest BCUT2D eigenvalue weighted by Gasteiger charge is 2.38. The first-order valence-electron chi connectivity index (χ1n) is 8.11. The van der Waals surface area contributed by atoms with Gasteiger partial charge >= 0.3 is 0 Å². The van der Waals surface area contributed by atoms with Gasteiger partial charge in [-0.15, -0.1) is 0 Å². The Kier molecular flexibility index (Phi) is 5.37. The summed E-state index contributed by atoms with van der Waals surface area (Å²) in [6, 6.07) is 15.6. The van der Waals surface area contributed by atoms with Crippen molar-refractivity contribution in [3.05, 3.63) is 65.7 Å². The molecule has 7 nitrogen and oxygen atoms in total. The Morgan fingerprint density at radius 3 is 2.48 bits per heavy atom. The molecule has 0 radical (unpaired) electrons. The third-order valence-electron chi connectivity index (χ3n) is 3.92. The fraction of sp³-hybridized carbons (Fsp3) is 0.105. The van der Waals surface area contributed by atoms with E-state index in [0.717, 1.165) is 11.8 Å². The van der Waals surface area contributed by atoms with Crippen LogP contribution in [0.2, 0.25) is 0 Å². The van der Waals surface area contributed by atoms with Crippen LogP contribution in [-0.4, -0.2) is 29.0 Å². The average molecular weight is 380 g/mol. The molecule has 2 N–H and O–H groups in total. The molecule has 0 spiro atoms. The van der Waals surface area contributed by atoms with Crippen LogP contribution in [-0.2, 0) is 9.59 Å². The minimum atomic E-state index is -1.20. The highest BCUT2D eigenvalue weighted by atomic mass is 32.1. The van der Waals surface area contributed by atoms with Crippen LogP contribution >= 0.6 is 12.2 Å². The summed E-state index contributed by atoms with van der Waals surface area (Å²) in [5.74, 6) is -2.77. The molecule has 0 saturated carbocycles. The molecule has 3 rings (SSSR count). The van der Waals surface area contributed by atoms with E-state index in [9.17, 15) is 14.4 Å². The van der Waals surface area contributed by atoms with Crippen LogP contribution in [0.1, 0.15) is 15.9 Å². The summed E-state index contributed by atoms with van der Waals surface area (Å²) >= 11 is 5.13. The van der Waals surface area contributed by atoms with Crippen LogP contribution in [0.15, 0.2) is 59.7 Å². The number of carbonyl (C=O) groups is 3. The smallest absolute Gasteiger partial charge is 0.271 e. The van der Waals surface area contributed by atoms with Crippen LogP contribution in [0.25, 0.3) is 0 Å². The summed E-state index contributed by atoms with van der Waals surface area (Å²) in [7, 11) is 0. The van der Waals surface area contributed by atoms with Gasteiger partial charge in [0.1, 0.15) is 0 Å². The first kappa shape index (κ1) is 18.4. The molecule has 1 saturated heterocycles. The maximum Gasteiger partial charge on any atom is 0.271 e. The number of aryl methyl sites for hydroxylation is 1. The van der Waals surface area contributed by atoms with E-state index in [2.05, 4.69) is 15.8 Å². The summed E-state index contributed by atoms with van der Waals surface area (Å²) in [6.07, 6.45) is 1.10. The summed E-state index contributed by atoms with van der Waals surface area (Å²) in [4.78, 5) is 38.1. The SMILES string of the molecule is Cc1ccc(N2C(=O)[C@@H](/C=N/NC(=O)c3ccccc3)C(=O)NC2=S)cc1. The molecule has 3 amide bonds. The van der Waals surface area contributed by atoms with E-state index in [-0.39, 0.29) is 5.11 Å². The number of amides is 3. The van der Waals surface area contributed by atoms with Gasteiger partial charge in [-0.1, -0.05) is 35.9 Å². The van der Waals surface area contributed by atoms with Crippen LogP contribution in [0.3, 0.4) is 0 Å². The van der Waals surface area contributed by atoms with Crippen molar-refractivity contribution in [3.63, 3.8) is 0 Å². The van der Waals surface area contributed by atoms with Crippen molar-refractivity contribution in [1.29, 1.82) is 0 Å². The summed E-state index contributed by atoms with van der Waals surface area (Å²) in [5, 5.41) is 6.26. The number of nitrogens with zero attached hydrogens (tertiary/aromatic N) is 2. The third kappa shape index (κ3) is 4.06. The van der Waals surface area contributed by atoms with Crippen LogP contribution < -0.4 is 15.6 Å². The zero-order chi connectivity index (χ0) is 19.4. The molecule has 1 fully saturated rings. The first-order valence-corrected chi connectivity index (χ1v) is 8.52. The number of thiocarbonyl (C=S) groups is 1. The van der Waals surface area contributed by atoms with Gasteiger partial charge in [-0.25, -0.2) is 5.43 Å². The van der Waals surface area contributed by atoms with Gasteiger partial charge in [0.2, 0.25) is 5.91 Å². The van der Waals surface area contributed by atoms with Crippen molar-refractivity contribution in [3.8, 4) is 0 Å². The predicted octanol–water partition coefficient (Wildman–Crippen LogP) is 1.77. The minimum Gasteiger partial charge on any atom is -0.301 e. The maximum absolute atomic E-state index is 12.8. The molecule has 136 valence electrons.